The summed E-state index contributed by atoms with van der Waals surface area (Å²) in [6.45, 7) is 8.00. The third kappa shape index (κ3) is 2.59. The molecular weight excluding hydrogens is 252 g/mol. The number of nitrogens with zero attached hydrogens (tertiary/aromatic N) is 2. The van der Waals surface area contributed by atoms with Gasteiger partial charge in [0.15, 0.2) is 0 Å². The fourth-order valence-electron chi connectivity index (χ4n) is 2.27. The first-order valence-electron chi connectivity index (χ1n) is 6.67. The molecule has 0 aliphatic carbocycles. The zero-order valence-corrected chi connectivity index (χ0v) is 12.3. The number of carboxylic acids is 1. The molecule has 0 bridgehead atoms. The second-order valence-electron chi connectivity index (χ2n) is 5.97. The quantitative estimate of drug-likeness (QED) is 0.930. The fraction of sp³-hybridized carbons (Fsp3) is 0.375. The van der Waals surface area contributed by atoms with E-state index >= 15 is 0 Å². The third-order valence-electron chi connectivity index (χ3n) is 3.43. The van der Waals surface area contributed by atoms with E-state index in [0.29, 0.717) is 0 Å². The molecule has 20 heavy (non-hydrogen) atoms. The highest BCUT2D eigenvalue weighted by molar-refractivity contribution is 5.80. The number of aliphatic carboxylic acids is 1. The van der Waals surface area contributed by atoms with Crippen molar-refractivity contribution in [3.8, 4) is 11.3 Å². The van der Waals surface area contributed by atoms with Crippen LogP contribution in [0.15, 0.2) is 36.8 Å². The largest absolute Gasteiger partial charge is 0.481 e. The maximum atomic E-state index is 11.3. The van der Waals surface area contributed by atoms with Crippen molar-refractivity contribution in [2.24, 2.45) is 0 Å². The molecule has 1 heterocycles. The molecule has 4 nitrogen and oxygen atoms in total. The Morgan fingerprint density at radius 1 is 1.30 bits per heavy atom. The third-order valence-corrected chi connectivity index (χ3v) is 3.43. The van der Waals surface area contributed by atoms with Gasteiger partial charge < -0.3 is 9.67 Å². The molecule has 1 unspecified atom stereocenters. The predicted octanol–water partition coefficient (Wildman–Crippen LogP) is 3.49. The van der Waals surface area contributed by atoms with Crippen molar-refractivity contribution in [3.05, 3.63) is 42.4 Å². The van der Waals surface area contributed by atoms with Crippen molar-refractivity contribution in [3.63, 3.8) is 0 Å². The van der Waals surface area contributed by atoms with E-state index < -0.39 is 11.9 Å². The molecular formula is C16H20N2O2. The molecule has 1 N–H and O–H groups in total. The van der Waals surface area contributed by atoms with Crippen LogP contribution in [0.2, 0.25) is 0 Å². The lowest BCUT2D eigenvalue weighted by Crippen LogP contribution is -2.22. The zero-order valence-electron chi connectivity index (χ0n) is 12.3. The van der Waals surface area contributed by atoms with Crippen LogP contribution in [-0.4, -0.2) is 20.6 Å². The highest BCUT2D eigenvalue weighted by Gasteiger charge is 2.22. The van der Waals surface area contributed by atoms with Crippen LogP contribution in [-0.2, 0) is 10.3 Å². The molecule has 1 aromatic heterocycles. The lowest BCUT2D eigenvalue weighted by Gasteiger charge is -2.25. The minimum atomic E-state index is -0.820. The van der Waals surface area contributed by atoms with Crippen molar-refractivity contribution in [2.75, 3.05) is 0 Å². The van der Waals surface area contributed by atoms with Gasteiger partial charge in [-0.3, -0.25) is 4.79 Å². The molecule has 0 fully saturated rings. The second-order valence-corrected chi connectivity index (χ2v) is 5.97. The fourth-order valence-corrected chi connectivity index (χ4v) is 2.27. The lowest BCUT2D eigenvalue weighted by atomic mass is 9.93. The number of hydrogen-bond acceptors (Lipinski definition) is 2. The van der Waals surface area contributed by atoms with Gasteiger partial charge in [0, 0.05) is 11.1 Å². The van der Waals surface area contributed by atoms with Gasteiger partial charge in [-0.25, -0.2) is 4.98 Å². The van der Waals surface area contributed by atoms with Crippen molar-refractivity contribution >= 4 is 5.97 Å². The summed E-state index contributed by atoms with van der Waals surface area (Å²) >= 11 is 0. The van der Waals surface area contributed by atoms with Crippen LogP contribution in [0.5, 0.6) is 0 Å². The van der Waals surface area contributed by atoms with Crippen LogP contribution < -0.4 is 0 Å². The van der Waals surface area contributed by atoms with Gasteiger partial charge in [0.2, 0.25) is 0 Å². The normalized spacial score (nSPS) is 13.2. The van der Waals surface area contributed by atoms with Crippen LogP contribution in [0.1, 0.15) is 39.2 Å². The molecule has 0 amide bonds. The molecule has 0 saturated heterocycles. The number of imidazole rings is 1. The Balaban J connectivity index is 2.60. The molecule has 2 rings (SSSR count). The number of rotatable bonds is 3. The van der Waals surface area contributed by atoms with Crippen molar-refractivity contribution in [2.45, 2.75) is 39.2 Å². The van der Waals surface area contributed by atoms with Gasteiger partial charge in [0.05, 0.1) is 24.1 Å². The maximum absolute atomic E-state index is 11.3. The molecule has 0 aliphatic heterocycles. The van der Waals surface area contributed by atoms with Gasteiger partial charge >= 0.3 is 5.97 Å². The highest BCUT2D eigenvalue weighted by Crippen LogP contribution is 2.32. The smallest absolute Gasteiger partial charge is 0.310 e. The van der Waals surface area contributed by atoms with E-state index in [-0.39, 0.29) is 5.54 Å². The summed E-state index contributed by atoms with van der Waals surface area (Å²) in [4.78, 5) is 15.5. The molecule has 0 radical (unpaired) electrons. The number of carboxylic acid groups (broad SMARTS) is 1. The highest BCUT2D eigenvalue weighted by atomic mass is 16.4. The van der Waals surface area contributed by atoms with E-state index in [1.807, 2.05) is 24.3 Å². The molecule has 106 valence electrons. The Morgan fingerprint density at radius 3 is 2.55 bits per heavy atom. The first-order chi connectivity index (χ1) is 9.32. The van der Waals surface area contributed by atoms with Gasteiger partial charge in [-0.1, -0.05) is 24.3 Å². The Hall–Kier alpha value is -2.10. The maximum Gasteiger partial charge on any atom is 0.310 e. The lowest BCUT2D eigenvalue weighted by molar-refractivity contribution is -0.138. The van der Waals surface area contributed by atoms with Crippen LogP contribution in [0.3, 0.4) is 0 Å². The van der Waals surface area contributed by atoms with Gasteiger partial charge in [-0.05, 0) is 33.3 Å². The number of aromatic nitrogens is 2. The SMILES string of the molecule is CC(C(=O)O)c1ccccc1-c1cncn1C(C)(C)C. The monoisotopic (exact) mass is 272 g/mol. The Bertz CT molecular complexity index is 623. The van der Waals surface area contributed by atoms with Crippen LogP contribution in [0, 0.1) is 0 Å². The van der Waals surface area contributed by atoms with E-state index in [2.05, 4.69) is 30.3 Å². The Labute approximate surface area is 119 Å². The van der Waals surface area contributed by atoms with Crippen molar-refractivity contribution < 1.29 is 9.90 Å². The minimum Gasteiger partial charge on any atom is -0.481 e. The average molecular weight is 272 g/mol. The summed E-state index contributed by atoms with van der Waals surface area (Å²) in [6.07, 6.45) is 3.58. The Kier molecular flexibility index (Phi) is 3.66. The van der Waals surface area contributed by atoms with Gasteiger partial charge in [-0.15, -0.1) is 0 Å². The summed E-state index contributed by atoms with van der Waals surface area (Å²) in [5.74, 6) is -1.37. The van der Waals surface area contributed by atoms with Crippen LogP contribution in [0.25, 0.3) is 11.3 Å². The second kappa shape index (κ2) is 5.12. The number of benzene rings is 1. The van der Waals surface area contributed by atoms with E-state index in [9.17, 15) is 9.90 Å². The molecule has 0 aliphatic rings. The first kappa shape index (κ1) is 14.3. The van der Waals surface area contributed by atoms with Crippen molar-refractivity contribution in [1.29, 1.82) is 0 Å². The van der Waals surface area contributed by atoms with E-state index in [0.717, 1.165) is 16.8 Å². The van der Waals surface area contributed by atoms with Gasteiger partial charge in [0.25, 0.3) is 0 Å². The molecule has 4 heteroatoms. The topological polar surface area (TPSA) is 55.1 Å². The summed E-state index contributed by atoms with van der Waals surface area (Å²) in [5, 5.41) is 9.26. The molecule has 1 atom stereocenters. The summed E-state index contributed by atoms with van der Waals surface area (Å²) in [6, 6.07) is 7.62. The first-order valence-corrected chi connectivity index (χ1v) is 6.67. The zero-order chi connectivity index (χ0) is 14.9. The predicted molar refractivity (Wildman–Crippen MR) is 78.7 cm³/mol. The van der Waals surface area contributed by atoms with E-state index in [1.54, 1.807) is 19.4 Å². The molecule has 2 aromatic rings. The number of hydrogen-bond donors (Lipinski definition) is 1. The van der Waals surface area contributed by atoms with Crippen molar-refractivity contribution in [1.82, 2.24) is 9.55 Å². The standard InChI is InChI=1S/C16H20N2O2/c1-11(15(19)20)12-7-5-6-8-13(12)14-9-17-10-18(14)16(2,3)4/h5-11H,1-4H3,(H,19,20). The minimum absolute atomic E-state index is 0.106. The molecule has 1 aromatic carbocycles. The average Bonchev–Trinajstić information content (AvgIpc) is 2.86. The van der Waals surface area contributed by atoms with E-state index in [1.165, 1.54) is 0 Å². The Morgan fingerprint density at radius 2 is 1.95 bits per heavy atom. The summed E-state index contributed by atoms with van der Waals surface area (Å²) in [5.41, 5.74) is 2.58. The summed E-state index contributed by atoms with van der Waals surface area (Å²) < 4.78 is 2.07. The molecule has 0 spiro atoms. The van der Waals surface area contributed by atoms with Crippen LogP contribution >= 0.6 is 0 Å². The summed E-state index contributed by atoms with van der Waals surface area (Å²) in [7, 11) is 0. The van der Waals surface area contributed by atoms with Gasteiger partial charge in [0.1, 0.15) is 0 Å². The number of carbonyl (C=O) groups is 1. The molecule has 0 saturated carbocycles. The van der Waals surface area contributed by atoms with Crippen LogP contribution in [0.4, 0.5) is 0 Å². The van der Waals surface area contributed by atoms with Gasteiger partial charge in [-0.2, -0.15) is 0 Å². The van der Waals surface area contributed by atoms with E-state index in [4.69, 9.17) is 0 Å².